The summed E-state index contributed by atoms with van der Waals surface area (Å²) < 4.78 is 17.4. The van der Waals surface area contributed by atoms with Crippen LogP contribution in [0.1, 0.15) is 28.6 Å². The lowest BCUT2D eigenvalue weighted by Gasteiger charge is -2.38. The largest absolute Gasteiger partial charge is 0.379 e. The van der Waals surface area contributed by atoms with Gasteiger partial charge in [-0.3, -0.25) is 9.89 Å². The number of halogens is 1. The van der Waals surface area contributed by atoms with Crippen LogP contribution in [0.5, 0.6) is 0 Å². The van der Waals surface area contributed by atoms with Crippen LogP contribution < -0.4 is 5.32 Å². The number of morpholine rings is 2. The van der Waals surface area contributed by atoms with Crippen molar-refractivity contribution in [1.29, 1.82) is 0 Å². The fourth-order valence-electron chi connectivity index (χ4n) is 4.44. The van der Waals surface area contributed by atoms with Crippen LogP contribution in [0.3, 0.4) is 0 Å². The molecule has 4 heterocycles. The summed E-state index contributed by atoms with van der Waals surface area (Å²) in [6.45, 7) is 9.87. The van der Waals surface area contributed by atoms with Crippen LogP contribution in [0, 0.1) is 6.92 Å². The second-order valence-corrected chi connectivity index (χ2v) is 9.27. The van der Waals surface area contributed by atoms with Gasteiger partial charge in [0.2, 0.25) is 0 Å². The Morgan fingerprint density at radius 1 is 1.17 bits per heavy atom. The Balaban J connectivity index is 0.00000256. The molecule has 9 heteroatoms. The van der Waals surface area contributed by atoms with Gasteiger partial charge < -0.3 is 24.4 Å². The van der Waals surface area contributed by atoms with Gasteiger partial charge >= 0.3 is 0 Å². The fraction of sp³-hybridized carbons (Fsp3) is 0.762. The van der Waals surface area contributed by atoms with Crippen LogP contribution in [-0.2, 0) is 14.2 Å². The van der Waals surface area contributed by atoms with Gasteiger partial charge in [0.15, 0.2) is 5.96 Å². The van der Waals surface area contributed by atoms with Crippen LogP contribution in [0.2, 0.25) is 0 Å². The van der Waals surface area contributed by atoms with E-state index in [9.17, 15) is 0 Å². The summed E-state index contributed by atoms with van der Waals surface area (Å²) in [6.07, 6.45) is 2.60. The van der Waals surface area contributed by atoms with Gasteiger partial charge in [0.25, 0.3) is 0 Å². The molecule has 170 valence electrons. The lowest BCUT2D eigenvalue weighted by Crippen LogP contribution is -2.54. The minimum Gasteiger partial charge on any atom is -0.379 e. The van der Waals surface area contributed by atoms with Crippen molar-refractivity contribution in [2.24, 2.45) is 4.99 Å². The number of nitrogens with zero attached hydrogens (tertiary/aromatic N) is 3. The molecule has 3 fully saturated rings. The number of thiophene rings is 1. The molecule has 0 amide bonds. The van der Waals surface area contributed by atoms with Crippen molar-refractivity contribution in [3.63, 3.8) is 0 Å². The summed E-state index contributed by atoms with van der Waals surface area (Å²) in [5.74, 6) is 0.961. The van der Waals surface area contributed by atoms with E-state index in [0.717, 1.165) is 78.0 Å². The van der Waals surface area contributed by atoms with Gasteiger partial charge in [-0.15, -0.1) is 35.3 Å². The number of hydrogen-bond acceptors (Lipinski definition) is 6. The third-order valence-corrected chi connectivity index (χ3v) is 7.12. The van der Waals surface area contributed by atoms with Crippen molar-refractivity contribution in [3.05, 3.63) is 21.9 Å². The quantitative estimate of drug-likeness (QED) is 0.346. The zero-order chi connectivity index (χ0) is 20.1. The van der Waals surface area contributed by atoms with Crippen molar-refractivity contribution in [1.82, 2.24) is 15.1 Å². The first-order valence-corrected chi connectivity index (χ1v) is 11.6. The molecule has 0 aromatic carbocycles. The van der Waals surface area contributed by atoms with Crippen LogP contribution >= 0.6 is 35.3 Å². The van der Waals surface area contributed by atoms with Crippen molar-refractivity contribution >= 4 is 41.3 Å². The Labute approximate surface area is 201 Å². The van der Waals surface area contributed by atoms with E-state index >= 15 is 0 Å². The number of aliphatic imine (C=N–C) groups is 1. The van der Waals surface area contributed by atoms with Crippen molar-refractivity contribution in [2.75, 3.05) is 66.2 Å². The Morgan fingerprint density at radius 3 is 2.63 bits per heavy atom. The predicted octanol–water partition coefficient (Wildman–Crippen LogP) is 2.50. The van der Waals surface area contributed by atoms with Crippen LogP contribution in [0.4, 0.5) is 0 Å². The van der Waals surface area contributed by atoms with Crippen molar-refractivity contribution in [3.8, 4) is 0 Å². The van der Waals surface area contributed by atoms with Gasteiger partial charge in [-0.25, -0.2) is 0 Å². The smallest absolute Gasteiger partial charge is 0.193 e. The summed E-state index contributed by atoms with van der Waals surface area (Å²) >= 11 is 1.89. The van der Waals surface area contributed by atoms with Gasteiger partial charge in [-0.1, -0.05) is 0 Å². The third kappa shape index (κ3) is 6.07. The highest BCUT2D eigenvalue weighted by molar-refractivity contribution is 14.0. The average Bonchev–Trinajstić information content (AvgIpc) is 3.44. The summed E-state index contributed by atoms with van der Waals surface area (Å²) in [5.41, 5.74) is 0. The van der Waals surface area contributed by atoms with Gasteiger partial charge in [-0.05, 0) is 31.9 Å². The van der Waals surface area contributed by atoms with Crippen LogP contribution in [-0.4, -0.2) is 94.2 Å². The highest BCUT2D eigenvalue weighted by Crippen LogP contribution is 2.28. The minimum absolute atomic E-state index is 0. The Morgan fingerprint density at radius 2 is 1.97 bits per heavy atom. The number of hydrogen-bond donors (Lipinski definition) is 1. The van der Waals surface area contributed by atoms with E-state index in [1.807, 2.05) is 18.4 Å². The molecule has 0 radical (unpaired) electrons. The molecule has 7 nitrogen and oxygen atoms in total. The molecule has 30 heavy (non-hydrogen) atoms. The summed E-state index contributed by atoms with van der Waals surface area (Å²) in [5, 5.41) is 3.66. The first-order chi connectivity index (χ1) is 14.2. The van der Waals surface area contributed by atoms with E-state index in [2.05, 4.69) is 39.2 Å². The third-order valence-electron chi connectivity index (χ3n) is 6.01. The number of aryl methyl sites for hydroxylation is 1. The average molecular weight is 551 g/mol. The topological polar surface area (TPSA) is 58.6 Å². The van der Waals surface area contributed by atoms with Crippen molar-refractivity contribution in [2.45, 2.75) is 38.0 Å². The van der Waals surface area contributed by atoms with Gasteiger partial charge in [-0.2, -0.15) is 0 Å². The van der Waals surface area contributed by atoms with Crippen LogP contribution in [0.25, 0.3) is 0 Å². The molecule has 3 aliphatic heterocycles. The SMILES string of the molecule is CN=C(NCC(c1ccc(C)s1)N1CCOCC1)N1CCOC(C2CCCO2)C1.I. The minimum atomic E-state index is 0. The van der Waals surface area contributed by atoms with Gasteiger partial charge in [0.05, 0.1) is 32.0 Å². The van der Waals surface area contributed by atoms with E-state index in [0.29, 0.717) is 6.04 Å². The first-order valence-electron chi connectivity index (χ1n) is 10.8. The fourth-order valence-corrected chi connectivity index (χ4v) is 5.45. The number of rotatable bonds is 5. The van der Waals surface area contributed by atoms with E-state index in [1.54, 1.807) is 0 Å². The molecule has 1 aromatic rings. The molecule has 1 N–H and O–H groups in total. The maximum absolute atomic E-state index is 6.01. The predicted molar refractivity (Wildman–Crippen MR) is 131 cm³/mol. The molecule has 3 aliphatic rings. The Kier molecular flexibility index (Phi) is 9.64. The maximum Gasteiger partial charge on any atom is 0.193 e. The normalized spacial score (nSPS) is 27.0. The molecule has 3 saturated heterocycles. The summed E-state index contributed by atoms with van der Waals surface area (Å²) in [7, 11) is 1.87. The number of guanidine groups is 1. The summed E-state index contributed by atoms with van der Waals surface area (Å²) in [4.78, 5) is 12.2. The van der Waals surface area contributed by atoms with E-state index in [-0.39, 0.29) is 36.2 Å². The van der Waals surface area contributed by atoms with Gasteiger partial charge in [0.1, 0.15) is 6.10 Å². The Hall–Kier alpha value is -0.460. The molecular formula is C21H35IN4O3S. The Bertz CT molecular complexity index is 677. The highest BCUT2D eigenvalue weighted by Gasteiger charge is 2.32. The maximum atomic E-state index is 6.01. The lowest BCUT2D eigenvalue weighted by molar-refractivity contribution is -0.0817. The summed E-state index contributed by atoms with van der Waals surface area (Å²) in [6, 6.07) is 4.83. The molecule has 4 rings (SSSR count). The van der Waals surface area contributed by atoms with Crippen molar-refractivity contribution < 1.29 is 14.2 Å². The molecule has 0 saturated carbocycles. The van der Waals surface area contributed by atoms with E-state index in [1.165, 1.54) is 9.75 Å². The highest BCUT2D eigenvalue weighted by atomic mass is 127. The molecular weight excluding hydrogens is 515 g/mol. The molecule has 3 unspecified atom stereocenters. The second-order valence-electron chi connectivity index (χ2n) is 7.95. The number of ether oxygens (including phenoxy) is 3. The molecule has 1 aromatic heterocycles. The number of nitrogens with one attached hydrogen (secondary N) is 1. The molecule has 0 aliphatic carbocycles. The molecule has 0 bridgehead atoms. The first kappa shape index (κ1) is 24.2. The van der Waals surface area contributed by atoms with Crippen LogP contribution in [0.15, 0.2) is 17.1 Å². The second kappa shape index (κ2) is 12.0. The zero-order valence-corrected chi connectivity index (χ0v) is 21.2. The molecule has 0 spiro atoms. The zero-order valence-electron chi connectivity index (χ0n) is 18.0. The van der Waals surface area contributed by atoms with E-state index in [4.69, 9.17) is 14.2 Å². The standard InChI is InChI=1S/C21H34N4O3S.HI/c1-16-5-6-20(29-16)17(24-7-11-26-12-8-24)14-23-21(22-2)25-9-13-28-19(15-25)18-4-3-10-27-18;/h5-6,17-19H,3-4,7-15H2,1-2H3,(H,22,23);1H. The van der Waals surface area contributed by atoms with Gasteiger partial charge in [0, 0.05) is 56.1 Å². The van der Waals surface area contributed by atoms with E-state index < -0.39 is 0 Å². The molecule has 3 atom stereocenters. The lowest BCUT2D eigenvalue weighted by atomic mass is 10.1. The monoisotopic (exact) mass is 550 g/mol.